The molecule has 18 heavy (non-hydrogen) atoms. The predicted molar refractivity (Wildman–Crippen MR) is 65.1 cm³/mol. The van der Waals surface area contributed by atoms with Crippen LogP contribution in [0.4, 0.5) is 0 Å². The summed E-state index contributed by atoms with van der Waals surface area (Å²) in [5.41, 5.74) is 5.56. The maximum absolute atomic E-state index is 11.8. The van der Waals surface area contributed by atoms with Gasteiger partial charge in [-0.3, -0.25) is 4.79 Å². The molecule has 0 bridgehead atoms. The van der Waals surface area contributed by atoms with Crippen molar-refractivity contribution in [3.8, 4) is 0 Å². The molecule has 0 saturated heterocycles. The third-order valence-electron chi connectivity index (χ3n) is 3.02. The van der Waals surface area contributed by atoms with Gasteiger partial charge in [0.1, 0.15) is 5.76 Å². The van der Waals surface area contributed by atoms with Crippen LogP contribution in [0.2, 0.25) is 0 Å². The molecular formula is C12H17N3O3. The van der Waals surface area contributed by atoms with Gasteiger partial charge in [0.25, 0.3) is 0 Å². The van der Waals surface area contributed by atoms with E-state index in [0.717, 1.165) is 18.6 Å². The van der Waals surface area contributed by atoms with Crippen LogP contribution in [0, 0.1) is 5.92 Å². The molecule has 1 aromatic rings. The van der Waals surface area contributed by atoms with Crippen LogP contribution in [0.3, 0.4) is 0 Å². The van der Waals surface area contributed by atoms with E-state index < -0.39 is 0 Å². The first-order valence-corrected chi connectivity index (χ1v) is 6.00. The summed E-state index contributed by atoms with van der Waals surface area (Å²) in [6.45, 7) is 0. The topological polar surface area (TPSA) is 101 Å². The molecule has 2 rings (SSSR count). The van der Waals surface area contributed by atoms with E-state index in [4.69, 9.17) is 15.4 Å². The van der Waals surface area contributed by atoms with E-state index in [1.807, 2.05) is 6.07 Å². The lowest BCUT2D eigenvalue weighted by Crippen LogP contribution is -2.46. The highest BCUT2D eigenvalue weighted by Crippen LogP contribution is 2.32. The zero-order valence-corrected chi connectivity index (χ0v) is 10.0. The van der Waals surface area contributed by atoms with Gasteiger partial charge in [0.15, 0.2) is 5.84 Å². The van der Waals surface area contributed by atoms with E-state index in [9.17, 15) is 4.79 Å². The van der Waals surface area contributed by atoms with E-state index in [2.05, 4.69) is 10.5 Å². The number of oxime groups is 1. The van der Waals surface area contributed by atoms with E-state index in [-0.39, 0.29) is 17.8 Å². The van der Waals surface area contributed by atoms with Crippen molar-refractivity contribution in [2.24, 2.45) is 16.8 Å². The quantitative estimate of drug-likeness (QED) is 0.302. The second-order valence-electron chi connectivity index (χ2n) is 4.49. The second-order valence-corrected chi connectivity index (χ2v) is 4.49. The highest BCUT2D eigenvalue weighted by molar-refractivity contribution is 5.90. The number of furan rings is 1. The molecule has 0 aliphatic heterocycles. The summed E-state index contributed by atoms with van der Waals surface area (Å²) in [5, 5.41) is 14.4. The largest absolute Gasteiger partial charge is 0.469 e. The smallest absolute Gasteiger partial charge is 0.221 e. The van der Waals surface area contributed by atoms with Gasteiger partial charge in [0, 0.05) is 12.8 Å². The molecule has 1 heterocycles. The molecule has 6 heteroatoms. The summed E-state index contributed by atoms with van der Waals surface area (Å²) in [6.07, 6.45) is 4.46. The molecule has 1 aliphatic rings. The summed E-state index contributed by atoms with van der Waals surface area (Å²) >= 11 is 0. The predicted octanol–water partition coefficient (Wildman–Crippen LogP) is 0.853. The highest BCUT2D eigenvalue weighted by Gasteiger charge is 2.35. The molecular weight excluding hydrogens is 234 g/mol. The monoisotopic (exact) mass is 251 g/mol. The summed E-state index contributed by atoms with van der Waals surface area (Å²) in [5.74, 6) is 1.03. The van der Waals surface area contributed by atoms with Crippen molar-refractivity contribution in [1.82, 2.24) is 5.32 Å². The minimum absolute atomic E-state index is 0.0730. The van der Waals surface area contributed by atoms with Gasteiger partial charge in [0.2, 0.25) is 5.91 Å². The first-order valence-electron chi connectivity index (χ1n) is 6.00. The van der Waals surface area contributed by atoms with Crippen molar-refractivity contribution in [3.05, 3.63) is 24.2 Å². The lowest BCUT2D eigenvalue weighted by atomic mass is 10.1. The minimum Gasteiger partial charge on any atom is -0.469 e. The van der Waals surface area contributed by atoms with Gasteiger partial charge in [0.05, 0.1) is 12.3 Å². The van der Waals surface area contributed by atoms with E-state index >= 15 is 0 Å². The number of hydrogen-bond acceptors (Lipinski definition) is 4. The van der Waals surface area contributed by atoms with Crippen LogP contribution >= 0.6 is 0 Å². The first-order chi connectivity index (χ1) is 8.70. The molecule has 1 aromatic heterocycles. The summed E-state index contributed by atoms with van der Waals surface area (Å²) in [7, 11) is 0. The van der Waals surface area contributed by atoms with Gasteiger partial charge >= 0.3 is 0 Å². The number of carbonyl (C=O) groups excluding carboxylic acids is 1. The second kappa shape index (κ2) is 5.57. The Bertz CT molecular complexity index is 424. The number of amidine groups is 1. The fourth-order valence-corrected chi connectivity index (χ4v) is 1.86. The van der Waals surface area contributed by atoms with E-state index in [0.29, 0.717) is 18.8 Å². The number of hydrogen-bond donors (Lipinski definition) is 3. The standard InChI is InChI=1S/C12H17N3O3/c13-12(15-17)11(8-3-4-8)14-10(16)6-5-9-2-1-7-18-9/h1-2,7-8,11,17H,3-6H2,(H2,13,15)(H,14,16). The molecule has 1 unspecified atom stereocenters. The highest BCUT2D eigenvalue weighted by atomic mass is 16.4. The Morgan fingerprint density at radius 1 is 1.67 bits per heavy atom. The van der Waals surface area contributed by atoms with Crippen LogP contribution < -0.4 is 11.1 Å². The van der Waals surface area contributed by atoms with E-state index in [1.54, 1.807) is 12.3 Å². The van der Waals surface area contributed by atoms with Crippen molar-refractivity contribution in [2.75, 3.05) is 0 Å². The summed E-state index contributed by atoms with van der Waals surface area (Å²) < 4.78 is 5.15. The van der Waals surface area contributed by atoms with E-state index in [1.165, 1.54) is 0 Å². The SMILES string of the molecule is NC(=NO)C(NC(=O)CCc1ccco1)C1CC1. The van der Waals surface area contributed by atoms with Crippen molar-refractivity contribution in [1.29, 1.82) is 0 Å². The van der Waals surface area contributed by atoms with Crippen molar-refractivity contribution >= 4 is 11.7 Å². The average molecular weight is 251 g/mol. The third kappa shape index (κ3) is 3.26. The molecule has 0 radical (unpaired) electrons. The number of amides is 1. The molecule has 1 aliphatic carbocycles. The van der Waals surface area contributed by atoms with Gasteiger partial charge in [-0.25, -0.2) is 0 Å². The van der Waals surface area contributed by atoms with Crippen molar-refractivity contribution in [2.45, 2.75) is 31.7 Å². The number of rotatable bonds is 6. The van der Waals surface area contributed by atoms with Crippen LogP contribution in [-0.4, -0.2) is 23.0 Å². The summed E-state index contributed by atoms with van der Waals surface area (Å²) in [6, 6.07) is 3.27. The molecule has 0 spiro atoms. The van der Waals surface area contributed by atoms with Crippen LogP contribution in [0.25, 0.3) is 0 Å². The van der Waals surface area contributed by atoms with Crippen molar-refractivity contribution in [3.63, 3.8) is 0 Å². The summed E-state index contributed by atoms with van der Waals surface area (Å²) in [4.78, 5) is 11.8. The molecule has 1 fully saturated rings. The number of aryl methyl sites for hydroxylation is 1. The number of nitrogens with zero attached hydrogens (tertiary/aromatic N) is 1. The maximum atomic E-state index is 11.8. The zero-order chi connectivity index (χ0) is 13.0. The molecule has 1 saturated carbocycles. The van der Waals surface area contributed by atoms with Gasteiger partial charge in [-0.1, -0.05) is 5.16 Å². The number of carbonyl (C=O) groups is 1. The van der Waals surface area contributed by atoms with Crippen molar-refractivity contribution < 1.29 is 14.4 Å². The molecule has 6 nitrogen and oxygen atoms in total. The molecule has 1 atom stereocenters. The van der Waals surface area contributed by atoms with Crippen LogP contribution in [0.15, 0.2) is 28.0 Å². The maximum Gasteiger partial charge on any atom is 0.221 e. The molecule has 98 valence electrons. The van der Waals surface area contributed by atoms with Crippen LogP contribution in [0.1, 0.15) is 25.0 Å². The van der Waals surface area contributed by atoms with Gasteiger partial charge in [-0.15, -0.1) is 0 Å². The van der Waals surface area contributed by atoms with Crippen LogP contribution in [0.5, 0.6) is 0 Å². The average Bonchev–Trinajstić information content (AvgIpc) is 3.08. The van der Waals surface area contributed by atoms with Gasteiger partial charge in [-0.2, -0.15) is 0 Å². The molecule has 4 N–H and O–H groups in total. The molecule has 0 aromatic carbocycles. The first kappa shape index (κ1) is 12.5. The Balaban J connectivity index is 1.81. The number of nitrogens with one attached hydrogen (secondary N) is 1. The number of nitrogens with two attached hydrogens (primary N) is 1. The fourth-order valence-electron chi connectivity index (χ4n) is 1.86. The lowest BCUT2D eigenvalue weighted by molar-refractivity contribution is -0.121. The van der Waals surface area contributed by atoms with Crippen LogP contribution in [-0.2, 0) is 11.2 Å². The Labute approximate surface area is 105 Å². The normalized spacial score (nSPS) is 17.4. The third-order valence-corrected chi connectivity index (χ3v) is 3.02. The lowest BCUT2D eigenvalue weighted by Gasteiger charge is -2.16. The minimum atomic E-state index is -0.348. The Morgan fingerprint density at radius 3 is 3.00 bits per heavy atom. The van der Waals surface area contributed by atoms with Gasteiger partial charge < -0.3 is 20.7 Å². The Hall–Kier alpha value is -1.98. The van der Waals surface area contributed by atoms with Gasteiger partial charge in [-0.05, 0) is 30.9 Å². The zero-order valence-electron chi connectivity index (χ0n) is 10.0. The Kier molecular flexibility index (Phi) is 3.86. The Morgan fingerprint density at radius 2 is 2.44 bits per heavy atom. The fraction of sp³-hybridized carbons (Fsp3) is 0.500. The molecule has 1 amide bonds.